The normalized spacial score (nSPS) is 34.2. The van der Waals surface area contributed by atoms with Crippen molar-refractivity contribution in [1.82, 2.24) is 9.80 Å². The Morgan fingerprint density at radius 2 is 2.11 bits per heavy atom. The van der Waals surface area contributed by atoms with Gasteiger partial charge in [0.15, 0.2) is 0 Å². The minimum atomic E-state index is -0.133. The zero-order chi connectivity index (χ0) is 12.9. The fourth-order valence-electron chi connectivity index (χ4n) is 2.90. The summed E-state index contributed by atoms with van der Waals surface area (Å²) >= 11 is 0. The number of likely N-dealkylation sites (N-methyl/N-ethyl adjacent to an activating group) is 1. The van der Waals surface area contributed by atoms with Gasteiger partial charge >= 0.3 is 0 Å². The molecule has 0 bridgehead atoms. The lowest BCUT2D eigenvalue weighted by atomic mass is 10.1. The molecule has 18 heavy (non-hydrogen) atoms. The average molecular weight is 252 g/mol. The van der Waals surface area contributed by atoms with Gasteiger partial charge in [-0.2, -0.15) is 0 Å². The highest BCUT2D eigenvalue weighted by Crippen LogP contribution is 2.47. The molecule has 3 rings (SSSR count). The monoisotopic (exact) mass is 252 g/mol. The fourth-order valence-corrected chi connectivity index (χ4v) is 2.90. The number of likely N-dealkylation sites (tertiary alicyclic amines) is 1. The van der Waals surface area contributed by atoms with Crippen molar-refractivity contribution in [3.05, 3.63) is 0 Å². The van der Waals surface area contributed by atoms with Gasteiger partial charge in [-0.25, -0.2) is 0 Å². The maximum atomic E-state index is 12.3. The van der Waals surface area contributed by atoms with E-state index < -0.39 is 0 Å². The first-order valence-electron chi connectivity index (χ1n) is 6.68. The second-order valence-electron chi connectivity index (χ2n) is 6.00. The minimum absolute atomic E-state index is 0.00671. The molecule has 0 aromatic carbocycles. The van der Waals surface area contributed by atoms with Crippen molar-refractivity contribution in [3.8, 4) is 0 Å². The molecule has 2 heterocycles. The topological polar surface area (TPSA) is 49.9 Å². The highest BCUT2D eigenvalue weighted by molar-refractivity contribution is 5.85. The molecule has 1 saturated carbocycles. The van der Waals surface area contributed by atoms with Gasteiger partial charge in [0.25, 0.3) is 0 Å². The third-order valence-corrected chi connectivity index (χ3v) is 4.58. The van der Waals surface area contributed by atoms with Gasteiger partial charge in [-0.3, -0.25) is 9.59 Å². The van der Waals surface area contributed by atoms with Crippen LogP contribution < -0.4 is 0 Å². The van der Waals surface area contributed by atoms with Gasteiger partial charge in [0.05, 0.1) is 25.2 Å². The molecule has 3 aliphatic rings. The van der Waals surface area contributed by atoms with Gasteiger partial charge in [0.1, 0.15) is 0 Å². The number of hydrogen-bond acceptors (Lipinski definition) is 3. The lowest BCUT2D eigenvalue weighted by Crippen LogP contribution is -2.43. The minimum Gasteiger partial charge on any atom is -0.374 e. The molecule has 0 radical (unpaired) electrons. The summed E-state index contributed by atoms with van der Waals surface area (Å²) in [6.45, 7) is 3.76. The molecule has 0 N–H and O–H groups in total. The first-order chi connectivity index (χ1) is 8.51. The third kappa shape index (κ3) is 1.81. The second kappa shape index (κ2) is 3.95. The third-order valence-electron chi connectivity index (χ3n) is 4.58. The number of carbonyl (C=O) groups excluding carboxylic acids is 2. The molecule has 0 unspecified atom stereocenters. The van der Waals surface area contributed by atoms with Crippen LogP contribution in [0.15, 0.2) is 0 Å². The standard InChI is InChI=1S/C13H20N2O3/c1-13(4-5-13)12(17)15-7-9-10(8-15)18-6-3-11(16)14(9)2/h9-10H,3-8H2,1-2H3/t9-,10-/m0/s1. The summed E-state index contributed by atoms with van der Waals surface area (Å²) in [6.07, 6.45) is 2.43. The Labute approximate surface area is 107 Å². The summed E-state index contributed by atoms with van der Waals surface area (Å²) in [7, 11) is 1.82. The van der Waals surface area contributed by atoms with E-state index in [2.05, 4.69) is 0 Å². The maximum absolute atomic E-state index is 12.3. The number of nitrogens with zero attached hydrogens (tertiary/aromatic N) is 2. The Kier molecular flexibility index (Phi) is 2.62. The van der Waals surface area contributed by atoms with Gasteiger partial charge < -0.3 is 14.5 Å². The molecule has 0 aromatic rings. The van der Waals surface area contributed by atoms with Gasteiger partial charge in [-0.15, -0.1) is 0 Å². The molecule has 0 aromatic heterocycles. The van der Waals surface area contributed by atoms with E-state index in [9.17, 15) is 9.59 Å². The zero-order valence-electron chi connectivity index (χ0n) is 11.0. The molecule has 5 heteroatoms. The van der Waals surface area contributed by atoms with E-state index in [0.29, 0.717) is 26.1 Å². The average Bonchev–Trinajstić information content (AvgIpc) is 2.99. The van der Waals surface area contributed by atoms with Crippen LogP contribution in [-0.2, 0) is 14.3 Å². The predicted molar refractivity (Wildman–Crippen MR) is 64.8 cm³/mol. The van der Waals surface area contributed by atoms with Crippen LogP contribution in [0.1, 0.15) is 26.2 Å². The molecule has 0 spiro atoms. The number of amides is 2. The van der Waals surface area contributed by atoms with Crippen molar-refractivity contribution in [2.45, 2.75) is 38.3 Å². The first-order valence-corrected chi connectivity index (χ1v) is 6.68. The number of ether oxygens (including phenoxy) is 1. The molecule has 1 aliphatic carbocycles. The highest BCUT2D eigenvalue weighted by Gasteiger charge is 2.51. The molecule has 3 fully saturated rings. The van der Waals surface area contributed by atoms with E-state index in [0.717, 1.165) is 12.8 Å². The van der Waals surface area contributed by atoms with Gasteiger partial charge in [-0.05, 0) is 12.8 Å². The predicted octanol–water partition coefficient (Wildman–Crippen LogP) is 0.245. The quantitative estimate of drug-likeness (QED) is 0.672. The van der Waals surface area contributed by atoms with E-state index in [1.807, 2.05) is 18.9 Å². The second-order valence-corrected chi connectivity index (χ2v) is 6.00. The van der Waals surface area contributed by atoms with Crippen LogP contribution in [0.4, 0.5) is 0 Å². The number of rotatable bonds is 1. The van der Waals surface area contributed by atoms with E-state index in [-0.39, 0.29) is 29.4 Å². The molecule has 2 amide bonds. The van der Waals surface area contributed by atoms with Gasteiger partial charge in [-0.1, -0.05) is 6.92 Å². The maximum Gasteiger partial charge on any atom is 0.228 e. The summed E-state index contributed by atoms with van der Waals surface area (Å²) in [6, 6.07) is 0.0336. The summed E-state index contributed by atoms with van der Waals surface area (Å²) in [5.74, 6) is 0.356. The Morgan fingerprint density at radius 3 is 2.78 bits per heavy atom. The van der Waals surface area contributed by atoms with Crippen LogP contribution in [0.3, 0.4) is 0 Å². The molecule has 2 saturated heterocycles. The fraction of sp³-hybridized carbons (Fsp3) is 0.846. The van der Waals surface area contributed by atoms with Gasteiger partial charge in [0, 0.05) is 25.6 Å². The molecule has 2 aliphatic heterocycles. The highest BCUT2D eigenvalue weighted by atomic mass is 16.5. The van der Waals surface area contributed by atoms with E-state index in [1.54, 1.807) is 4.90 Å². The summed E-state index contributed by atoms with van der Waals surface area (Å²) in [5.41, 5.74) is -0.133. The summed E-state index contributed by atoms with van der Waals surface area (Å²) < 4.78 is 5.72. The Bertz CT molecular complexity index is 392. The van der Waals surface area contributed by atoms with Crippen LogP contribution in [0, 0.1) is 5.41 Å². The van der Waals surface area contributed by atoms with Crippen molar-refractivity contribution in [2.24, 2.45) is 5.41 Å². The summed E-state index contributed by atoms with van der Waals surface area (Å²) in [4.78, 5) is 27.7. The van der Waals surface area contributed by atoms with Crippen molar-refractivity contribution in [2.75, 3.05) is 26.7 Å². The van der Waals surface area contributed by atoms with Crippen LogP contribution in [0.25, 0.3) is 0 Å². The zero-order valence-corrected chi connectivity index (χ0v) is 11.0. The van der Waals surface area contributed by atoms with E-state index >= 15 is 0 Å². The van der Waals surface area contributed by atoms with Crippen molar-refractivity contribution < 1.29 is 14.3 Å². The largest absolute Gasteiger partial charge is 0.374 e. The lowest BCUT2D eigenvalue weighted by Gasteiger charge is -2.25. The molecule has 2 atom stereocenters. The number of fused-ring (bicyclic) bond motifs is 1. The summed E-state index contributed by atoms with van der Waals surface area (Å²) in [5, 5.41) is 0. The van der Waals surface area contributed by atoms with Gasteiger partial charge in [0.2, 0.25) is 11.8 Å². The number of hydrogen-bond donors (Lipinski definition) is 0. The molecular formula is C13H20N2O3. The number of carbonyl (C=O) groups is 2. The van der Waals surface area contributed by atoms with E-state index in [1.165, 1.54) is 0 Å². The van der Waals surface area contributed by atoms with Crippen molar-refractivity contribution in [1.29, 1.82) is 0 Å². The Hall–Kier alpha value is -1.10. The van der Waals surface area contributed by atoms with Crippen LogP contribution in [0.5, 0.6) is 0 Å². The first kappa shape index (κ1) is 12.0. The Balaban J connectivity index is 1.73. The van der Waals surface area contributed by atoms with Crippen molar-refractivity contribution in [3.63, 3.8) is 0 Å². The SMILES string of the molecule is CN1C(=O)CCO[C@H]2CN(C(=O)C3(C)CC3)C[C@@H]21. The Morgan fingerprint density at radius 1 is 1.39 bits per heavy atom. The smallest absolute Gasteiger partial charge is 0.228 e. The lowest BCUT2D eigenvalue weighted by molar-refractivity contribution is -0.137. The molecule has 100 valence electrons. The van der Waals surface area contributed by atoms with E-state index in [4.69, 9.17) is 4.74 Å². The van der Waals surface area contributed by atoms with Crippen LogP contribution in [0.2, 0.25) is 0 Å². The molecular weight excluding hydrogens is 232 g/mol. The molecule has 5 nitrogen and oxygen atoms in total. The van der Waals surface area contributed by atoms with Crippen molar-refractivity contribution >= 4 is 11.8 Å². The van der Waals surface area contributed by atoms with Crippen LogP contribution >= 0.6 is 0 Å². The van der Waals surface area contributed by atoms with Crippen LogP contribution in [-0.4, -0.2) is 60.5 Å².